The van der Waals surface area contributed by atoms with E-state index in [0.29, 0.717) is 10.6 Å². The van der Waals surface area contributed by atoms with Gasteiger partial charge in [-0.05, 0) is 67.8 Å². The Bertz CT molecular complexity index is 727. The van der Waals surface area contributed by atoms with Crippen molar-refractivity contribution in [2.45, 2.75) is 26.3 Å². The number of halogens is 1. The molecule has 3 rings (SSSR count). The lowest BCUT2D eigenvalue weighted by atomic mass is 10.1. The highest BCUT2D eigenvalue weighted by atomic mass is 35.5. The molecule has 0 saturated heterocycles. The fourth-order valence-corrected chi connectivity index (χ4v) is 3.18. The number of aryl methyl sites for hydroxylation is 1. The Morgan fingerprint density at radius 2 is 2.05 bits per heavy atom. The second-order valence-corrected chi connectivity index (χ2v) is 6.01. The van der Waals surface area contributed by atoms with Gasteiger partial charge >= 0.3 is 0 Å². The molecule has 1 aliphatic rings. The number of anilines is 2. The highest BCUT2D eigenvalue weighted by Gasteiger charge is 2.32. The predicted octanol–water partition coefficient (Wildman–Crippen LogP) is 3.82. The smallest absolute Gasteiger partial charge is 0.258 e. The molecule has 0 spiro atoms. The molecule has 0 bridgehead atoms. The molecule has 2 N–H and O–H groups in total. The molecule has 0 radical (unpaired) electrons. The number of rotatable bonds is 1. The third kappa shape index (κ3) is 2.38. The monoisotopic (exact) mass is 300 g/mol. The van der Waals surface area contributed by atoms with Gasteiger partial charge in [0.15, 0.2) is 0 Å². The minimum absolute atomic E-state index is 0.0141. The van der Waals surface area contributed by atoms with Crippen molar-refractivity contribution in [1.82, 2.24) is 0 Å². The SMILES string of the molecule is Cc1cc(Cl)ccc1C(=O)N1c2ccc(N)cc2CC1C. The van der Waals surface area contributed by atoms with Gasteiger partial charge in [-0.2, -0.15) is 0 Å². The van der Waals surface area contributed by atoms with Crippen molar-refractivity contribution in [3.8, 4) is 0 Å². The summed E-state index contributed by atoms with van der Waals surface area (Å²) in [5.74, 6) is 0.0141. The molecule has 2 aromatic rings. The topological polar surface area (TPSA) is 46.3 Å². The number of benzene rings is 2. The number of carbonyl (C=O) groups excluding carboxylic acids is 1. The van der Waals surface area contributed by atoms with Crippen LogP contribution in [0.5, 0.6) is 0 Å². The van der Waals surface area contributed by atoms with Gasteiger partial charge in [-0.15, -0.1) is 0 Å². The van der Waals surface area contributed by atoms with Gasteiger partial charge < -0.3 is 10.6 Å². The molecule has 3 nitrogen and oxygen atoms in total. The Balaban J connectivity index is 2.03. The van der Waals surface area contributed by atoms with E-state index in [1.807, 2.05) is 36.1 Å². The van der Waals surface area contributed by atoms with Crippen molar-refractivity contribution >= 4 is 28.9 Å². The molecule has 21 heavy (non-hydrogen) atoms. The molecule has 2 aromatic carbocycles. The molecule has 1 unspecified atom stereocenters. The summed E-state index contributed by atoms with van der Waals surface area (Å²) in [6.07, 6.45) is 0.832. The molecule has 1 amide bonds. The largest absolute Gasteiger partial charge is 0.399 e. The van der Waals surface area contributed by atoms with Crippen LogP contribution in [0.2, 0.25) is 5.02 Å². The molecular formula is C17H17ClN2O. The van der Waals surface area contributed by atoms with E-state index in [1.165, 1.54) is 0 Å². The minimum atomic E-state index is 0.0141. The Hall–Kier alpha value is -2.00. The average molecular weight is 301 g/mol. The second kappa shape index (κ2) is 5.08. The zero-order valence-corrected chi connectivity index (χ0v) is 12.8. The molecular weight excluding hydrogens is 284 g/mol. The normalized spacial score (nSPS) is 16.9. The number of carbonyl (C=O) groups is 1. The number of hydrogen-bond donors (Lipinski definition) is 1. The van der Waals surface area contributed by atoms with E-state index in [-0.39, 0.29) is 11.9 Å². The van der Waals surface area contributed by atoms with E-state index in [1.54, 1.807) is 12.1 Å². The highest BCUT2D eigenvalue weighted by Crippen LogP contribution is 2.35. The van der Waals surface area contributed by atoms with Crippen LogP contribution in [0.1, 0.15) is 28.4 Å². The van der Waals surface area contributed by atoms with Gasteiger partial charge in [0.1, 0.15) is 0 Å². The van der Waals surface area contributed by atoms with Gasteiger partial charge in [0.05, 0.1) is 0 Å². The number of nitrogen functional groups attached to an aromatic ring is 1. The second-order valence-electron chi connectivity index (χ2n) is 5.58. The Kier molecular flexibility index (Phi) is 3.38. The van der Waals surface area contributed by atoms with Crippen molar-refractivity contribution in [1.29, 1.82) is 0 Å². The van der Waals surface area contributed by atoms with E-state index < -0.39 is 0 Å². The number of fused-ring (bicyclic) bond motifs is 1. The summed E-state index contributed by atoms with van der Waals surface area (Å²) in [6, 6.07) is 11.2. The zero-order valence-electron chi connectivity index (χ0n) is 12.1. The summed E-state index contributed by atoms with van der Waals surface area (Å²) in [5.41, 5.74) is 10.2. The lowest BCUT2D eigenvalue weighted by molar-refractivity contribution is 0.0981. The van der Waals surface area contributed by atoms with Crippen molar-refractivity contribution in [2.24, 2.45) is 0 Å². The Labute approximate surface area is 129 Å². The van der Waals surface area contributed by atoms with E-state index in [0.717, 1.165) is 28.9 Å². The summed E-state index contributed by atoms with van der Waals surface area (Å²) in [4.78, 5) is 14.7. The van der Waals surface area contributed by atoms with Gasteiger partial charge in [0.25, 0.3) is 5.91 Å². The van der Waals surface area contributed by atoms with Crippen LogP contribution in [0.3, 0.4) is 0 Å². The van der Waals surface area contributed by atoms with Gasteiger partial charge in [0, 0.05) is 28.0 Å². The van der Waals surface area contributed by atoms with E-state index in [4.69, 9.17) is 17.3 Å². The number of nitrogens with zero attached hydrogens (tertiary/aromatic N) is 1. The first kappa shape index (κ1) is 14.0. The third-order valence-electron chi connectivity index (χ3n) is 3.96. The van der Waals surface area contributed by atoms with Crippen LogP contribution in [0.4, 0.5) is 11.4 Å². The molecule has 1 aliphatic heterocycles. The van der Waals surface area contributed by atoms with Gasteiger partial charge in [-0.1, -0.05) is 11.6 Å². The summed E-state index contributed by atoms with van der Waals surface area (Å²) >= 11 is 5.97. The first-order valence-electron chi connectivity index (χ1n) is 6.95. The maximum Gasteiger partial charge on any atom is 0.258 e. The molecule has 0 fully saturated rings. The molecule has 108 valence electrons. The summed E-state index contributed by atoms with van der Waals surface area (Å²) < 4.78 is 0. The fraction of sp³-hybridized carbons (Fsp3) is 0.235. The van der Waals surface area contributed by atoms with Gasteiger partial charge in [-0.25, -0.2) is 0 Å². The van der Waals surface area contributed by atoms with Crippen LogP contribution in [-0.4, -0.2) is 11.9 Å². The Morgan fingerprint density at radius 3 is 2.76 bits per heavy atom. The van der Waals surface area contributed by atoms with E-state index >= 15 is 0 Å². The van der Waals surface area contributed by atoms with Crippen LogP contribution in [0.25, 0.3) is 0 Å². The molecule has 1 atom stereocenters. The minimum Gasteiger partial charge on any atom is -0.399 e. The van der Waals surface area contributed by atoms with E-state index in [2.05, 4.69) is 6.92 Å². The van der Waals surface area contributed by atoms with Crippen molar-refractivity contribution in [3.05, 3.63) is 58.1 Å². The molecule has 1 heterocycles. The van der Waals surface area contributed by atoms with Crippen molar-refractivity contribution < 1.29 is 4.79 Å². The first-order chi connectivity index (χ1) is 9.97. The van der Waals surface area contributed by atoms with Crippen LogP contribution in [0.15, 0.2) is 36.4 Å². The first-order valence-corrected chi connectivity index (χ1v) is 7.33. The third-order valence-corrected chi connectivity index (χ3v) is 4.19. The summed E-state index contributed by atoms with van der Waals surface area (Å²) in [5, 5.41) is 0.645. The van der Waals surface area contributed by atoms with Crippen LogP contribution < -0.4 is 10.6 Å². The highest BCUT2D eigenvalue weighted by molar-refractivity contribution is 6.30. The summed E-state index contributed by atoms with van der Waals surface area (Å²) in [7, 11) is 0. The number of nitrogens with two attached hydrogens (primary N) is 1. The number of hydrogen-bond acceptors (Lipinski definition) is 2. The van der Waals surface area contributed by atoms with Gasteiger partial charge in [-0.3, -0.25) is 4.79 Å². The zero-order chi connectivity index (χ0) is 15.1. The fourth-order valence-electron chi connectivity index (χ4n) is 2.96. The van der Waals surface area contributed by atoms with Crippen LogP contribution >= 0.6 is 11.6 Å². The Morgan fingerprint density at radius 1 is 1.29 bits per heavy atom. The van der Waals surface area contributed by atoms with E-state index in [9.17, 15) is 4.79 Å². The molecule has 0 aromatic heterocycles. The maximum absolute atomic E-state index is 12.9. The molecule has 4 heteroatoms. The standard InChI is InChI=1S/C17H17ClN2O/c1-10-7-13(18)3-5-15(10)17(21)20-11(2)8-12-9-14(19)4-6-16(12)20/h3-7,9,11H,8,19H2,1-2H3. The predicted molar refractivity (Wildman–Crippen MR) is 87.0 cm³/mol. The average Bonchev–Trinajstić information content (AvgIpc) is 2.73. The summed E-state index contributed by atoms with van der Waals surface area (Å²) in [6.45, 7) is 3.96. The molecule has 0 aliphatic carbocycles. The lowest BCUT2D eigenvalue weighted by Gasteiger charge is -2.23. The maximum atomic E-state index is 12.9. The van der Waals surface area contributed by atoms with Crippen molar-refractivity contribution in [3.63, 3.8) is 0 Å². The van der Waals surface area contributed by atoms with Crippen LogP contribution in [-0.2, 0) is 6.42 Å². The van der Waals surface area contributed by atoms with Gasteiger partial charge in [0.2, 0.25) is 0 Å². The van der Waals surface area contributed by atoms with Crippen LogP contribution in [0, 0.1) is 6.92 Å². The lowest BCUT2D eigenvalue weighted by Crippen LogP contribution is -2.36. The molecule has 0 saturated carbocycles. The van der Waals surface area contributed by atoms with Crippen molar-refractivity contribution in [2.75, 3.05) is 10.6 Å². The number of amides is 1. The quantitative estimate of drug-likeness (QED) is 0.814.